The lowest BCUT2D eigenvalue weighted by Gasteiger charge is -2.09. The van der Waals surface area contributed by atoms with E-state index < -0.39 is 28.9 Å². The molecular formula is C14H16F2N2O. The molecule has 0 aromatic heterocycles. The van der Waals surface area contributed by atoms with Crippen molar-refractivity contribution in [3.05, 3.63) is 53.2 Å². The van der Waals surface area contributed by atoms with Gasteiger partial charge in [0.05, 0.1) is 5.56 Å². The molecule has 1 rings (SSSR count). The maximum Gasteiger partial charge on any atom is 0.171 e. The molecule has 0 amide bonds. The Bertz CT molecular complexity index is 525. The summed E-state index contributed by atoms with van der Waals surface area (Å²) in [6.45, 7) is 3.16. The summed E-state index contributed by atoms with van der Waals surface area (Å²) in [5, 5.41) is 0. The van der Waals surface area contributed by atoms with E-state index in [4.69, 9.17) is 11.5 Å². The highest BCUT2D eigenvalue weighted by Gasteiger charge is 2.21. The fraction of sp³-hybridized carbons (Fsp3) is 0.214. The fourth-order valence-corrected chi connectivity index (χ4v) is 1.52. The molecule has 0 radical (unpaired) electrons. The number of rotatable bonds is 4. The highest BCUT2D eigenvalue weighted by Crippen LogP contribution is 2.21. The lowest BCUT2D eigenvalue weighted by Crippen LogP contribution is -2.13. The van der Waals surface area contributed by atoms with Crippen molar-refractivity contribution in [3.63, 3.8) is 0 Å². The first-order valence-electron chi connectivity index (χ1n) is 5.76. The minimum absolute atomic E-state index is 0.156. The van der Waals surface area contributed by atoms with Gasteiger partial charge >= 0.3 is 0 Å². The summed E-state index contributed by atoms with van der Waals surface area (Å²) in [7, 11) is 0. The summed E-state index contributed by atoms with van der Waals surface area (Å²) >= 11 is 0. The predicted molar refractivity (Wildman–Crippen MR) is 71.0 cm³/mol. The van der Waals surface area contributed by atoms with Crippen molar-refractivity contribution in [1.29, 1.82) is 0 Å². The van der Waals surface area contributed by atoms with Crippen molar-refractivity contribution in [2.45, 2.75) is 13.8 Å². The minimum atomic E-state index is -0.915. The molecule has 0 unspecified atom stereocenters. The SMILES string of the molecule is CC(C)C(=O)c1c(F)cc(/C(N)=C/C=C\N)cc1F. The number of ketones is 1. The Morgan fingerprint density at radius 2 is 1.79 bits per heavy atom. The summed E-state index contributed by atoms with van der Waals surface area (Å²) < 4.78 is 27.6. The monoisotopic (exact) mass is 266 g/mol. The van der Waals surface area contributed by atoms with Gasteiger partial charge in [0.25, 0.3) is 0 Å². The molecule has 0 aliphatic carbocycles. The van der Waals surface area contributed by atoms with Gasteiger partial charge in [-0.05, 0) is 30.5 Å². The van der Waals surface area contributed by atoms with Crippen LogP contribution in [0.15, 0.2) is 30.5 Å². The summed E-state index contributed by atoms with van der Waals surface area (Å²) in [5.74, 6) is -2.89. The van der Waals surface area contributed by atoms with Crippen LogP contribution in [0.1, 0.15) is 29.8 Å². The molecule has 1 aromatic carbocycles. The third kappa shape index (κ3) is 3.40. The highest BCUT2D eigenvalue weighted by molar-refractivity contribution is 5.98. The van der Waals surface area contributed by atoms with Crippen molar-refractivity contribution < 1.29 is 13.6 Å². The molecule has 3 nitrogen and oxygen atoms in total. The van der Waals surface area contributed by atoms with Gasteiger partial charge in [-0.15, -0.1) is 0 Å². The van der Waals surface area contributed by atoms with E-state index in [1.165, 1.54) is 18.4 Å². The van der Waals surface area contributed by atoms with Crippen LogP contribution in [0.5, 0.6) is 0 Å². The molecule has 0 saturated carbocycles. The molecule has 0 aliphatic rings. The second kappa shape index (κ2) is 6.13. The zero-order chi connectivity index (χ0) is 14.6. The number of carbonyl (C=O) groups excluding carboxylic acids is 1. The molecule has 0 fully saturated rings. The van der Waals surface area contributed by atoms with Crippen molar-refractivity contribution in [2.75, 3.05) is 0 Å². The van der Waals surface area contributed by atoms with Gasteiger partial charge in [0.1, 0.15) is 11.6 Å². The van der Waals surface area contributed by atoms with Gasteiger partial charge in [-0.1, -0.05) is 13.8 Å². The van der Waals surface area contributed by atoms with Crippen molar-refractivity contribution >= 4 is 11.5 Å². The molecule has 0 spiro atoms. The van der Waals surface area contributed by atoms with Crippen LogP contribution in [0, 0.1) is 17.6 Å². The Labute approximate surface area is 110 Å². The standard InChI is InChI=1S/C14H16F2N2O/c1-8(2)14(19)13-10(15)6-9(7-11(13)16)12(18)4-3-5-17/h3-8H,17-18H2,1-2H3/b5-3-,12-4-. The van der Waals surface area contributed by atoms with E-state index in [9.17, 15) is 13.6 Å². The Morgan fingerprint density at radius 1 is 1.26 bits per heavy atom. The zero-order valence-electron chi connectivity index (χ0n) is 10.8. The average Bonchev–Trinajstić information content (AvgIpc) is 2.34. The van der Waals surface area contributed by atoms with Crippen LogP contribution < -0.4 is 11.5 Å². The quantitative estimate of drug-likeness (QED) is 0.650. The smallest absolute Gasteiger partial charge is 0.171 e. The van der Waals surface area contributed by atoms with Crippen LogP contribution in [0.4, 0.5) is 8.78 Å². The van der Waals surface area contributed by atoms with E-state index in [2.05, 4.69) is 0 Å². The van der Waals surface area contributed by atoms with Crippen molar-refractivity contribution in [3.8, 4) is 0 Å². The average molecular weight is 266 g/mol. The van der Waals surface area contributed by atoms with Gasteiger partial charge in [0.2, 0.25) is 0 Å². The topological polar surface area (TPSA) is 69.1 Å². The fourth-order valence-electron chi connectivity index (χ4n) is 1.52. The number of halogens is 2. The van der Waals surface area contributed by atoms with Crippen LogP contribution in [-0.2, 0) is 0 Å². The van der Waals surface area contributed by atoms with Gasteiger partial charge < -0.3 is 11.5 Å². The molecule has 4 N–H and O–H groups in total. The number of hydrogen-bond donors (Lipinski definition) is 2. The maximum absolute atomic E-state index is 13.8. The minimum Gasteiger partial charge on any atom is -0.405 e. The maximum atomic E-state index is 13.8. The summed E-state index contributed by atoms with van der Waals surface area (Å²) in [6, 6.07) is 2.07. The van der Waals surface area contributed by atoms with Crippen LogP contribution in [0.3, 0.4) is 0 Å². The Kier molecular flexibility index (Phi) is 4.80. The van der Waals surface area contributed by atoms with Crippen LogP contribution in [-0.4, -0.2) is 5.78 Å². The summed E-state index contributed by atoms with van der Waals surface area (Å²) in [5.41, 5.74) is 10.6. The molecule has 1 aromatic rings. The molecular weight excluding hydrogens is 250 g/mol. The van der Waals surface area contributed by atoms with Gasteiger partial charge in [0, 0.05) is 17.2 Å². The van der Waals surface area contributed by atoms with Crippen LogP contribution in [0.2, 0.25) is 0 Å². The van der Waals surface area contributed by atoms with Gasteiger partial charge in [-0.2, -0.15) is 0 Å². The van der Waals surface area contributed by atoms with E-state index in [-0.39, 0.29) is 11.3 Å². The van der Waals surface area contributed by atoms with E-state index in [1.54, 1.807) is 13.8 Å². The summed E-state index contributed by atoms with van der Waals surface area (Å²) in [6.07, 6.45) is 4.10. The number of Topliss-reactive ketones (excluding diaryl/α,β-unsaturated/α-hetero) is 1. The number of benzene rings is 1. The molecule has 19 heavy (non-hydrogen) atoms. The molecule has 0 bridgehead atoms. The second-order valence-corrected chi connectivity index (χ2v) is 4.34. The molecule has 5 heteroatoms. The number of carbonyl (C=O) groups is 1. The molecule has 102 valence electrons. The normalized spacial score (nSPS) is 12.4. The van der Waals surface area contributed by atoms with Crippen molar-refractivity contribution in [2.24, 2.45) is 17.4 Å². The first-order valence-corrected chi connectivity index (χ1v) is 5.76. The molecule has 0 atom stereocenters. The van der Waals surface area contributed by atoms with Crippen LogP contribution in [0.25, 0.3) is 5.70 Å². The van der Waals surface area contributed by atoms with Gasteiger partial charge in [-0.3, -0.25) is 4.79 Å². The summed E-state index contributed by atoms with van der Waals surface area (Å²) in [4.78, 5) is 11.7. The Hall–Kier alpha value is -2.17. The Morgan fingerprint density at radius 3 is 2.21 bits per heavy atom. The number of allylic oxidation sites excluding steroid dienone is 2. The van der Waals surface area contributed by atoms with Crippen molar-refractivity contribution in [1.82, 2.24) is 0 Å². The van der Waals surface area contributed by atoms with Crippen LogP contribution >= 0.6 is 0 Å². The largest absolute Gasteiger partial charge is 0.405 e. The van der Waals surface area contributed by atoms with E-state index >= 15 is 0 Å². The highest BCUT2D eigenvalue weighted by atomic mass is 19.1. The van der Waals surface area contributed by atoms with Gasteiger partial charge in [0.15, 0.2) is 5.78 Å². The third-order valence-corrected chi connectivity index (χ3v) is 2.53. The Balaban J connectivity index is 3.28. The van der Waals surface area contributed by atoms with Gasteiger partial charge in [-0.25, -0.2) is 8.78 Å². The lowest BCUT2D eigenvalue weighted by molar-refractivity contribution is 0.0931. The molecule has 0 heterocycles. The predicted octanol–water partition coefficient (Wildman–Crippen LogP) is 2.58. The third-order valence-electron chi connectivity index (χ3n) is 2.53. The van der Waals surface area contributed by atoms with E-state index in [0.29, 0.717) is 0 Å². The lowest BCUT2D eigenvalue weighted by atomic mass is 9.98. The van der Waals surface area contributed by atoms with E-state index in [0.717, 1.165) is 12.1 Å². The first kappa shape index (κ1) is 14.9. The molecule has 0 aliphatic heterocycles. The number of hydrogen-bond acceptors (Lipinski definition) is 3. The number of nitrogens with two attached hydrogens (primary N) is 2. The molecule has 0 saturated heterocycles. The van der Waals surface area contributed by atoms with E-state index in [1.807, 2.05) is 0 Å². The zero-order valence-corrected chi connectivity index (χ0v) is 10.8. The second-order valence-electron chi connectivity index (χ2n) is 4.34. The first-order chi connectivity index (χ1) is 8.88.